The van der Waals surface area contributed by atoms with E-state index in [1.165, 1.54) is 12.8 Å². The van der Waals surface area contributed by atoms with Crippen molar-refractivity contribution in [1.82, 2.24) is 0 Å². The molecule has 1 atom stereocenters. The fourth-order valence-electron chi connectivity index (χ4n) is 1.10. The Kier molecular flexibility index (Phi) is 10.5. The first-order chi connectivity index (χ1) is 6.81. The smallest absolute Gasteiger partial charge is 0.0728 e. The summed E-state index contributed by atoms with van der Waals surface area (Å²) in [7, 11) is 0. The summed E-state index contributed by atoms with van der Waals surface area (Å²) in [5, 5.41) is 0. The van der Waals surface area contributed by atoms with Gasteiger partial charge in [0, 0.05) is 6.61 Å². The number of hydrogen-bond donors (Lipinski definition) is 0. The summed E-state index contributed by atoms with van der Waals surface area (Å²) in [4.78, 5) is 0. The molecule has 0 unspecified atom stereocenters. The highest BCUT2D eigenvalue weighted by atomic mass is 16.5. The van der Waals surface area contributed by atoms with Crippen molar-refractivity contribution in [3.8, 4) is 0 Å². The van der Waals surface area contributed by atoms with Crippen LogP contribution >= 0.6 is 0 Å². The van der Waals surface area contributed by atoms with Gasteiger partial charge < -0.3 is 9.47 Å². The van der Waals surface area contributed by atoms with Crippen LogP contribution in [-0.4, -0.2) is 25.9 Å². The van der Waals surface area contributed by atoms with Crippen molar-refractivity contribution >= 4 is 0 Å². The molecule has 0 rings (SSSR count). The standard InChI is InChI=1S/C12H24O2/c1-4-6-7-8-9-12(3)14-11-10-13-5-2/h8-9,12H,4-7,10-11H2,1-3H3/b9-8-/t12-/m0/s1. The molecule has 2 nitrogen and oxygen atoms in total. The van der Waals surface area contributed by atoms with Crippen LogP contribution in [0.4, 0.5) is 0 Å². The maximum absolute atomic E-state index is 5.51. The topological polar surface area (TPSA) is 18.5 Å². The summed E-state index contributed by atoms with van der Waals surface area (Å²) in [5.41, 5.74) is 0. The molecule has 14 heavy (non-hydrogen) atoms. The summed E-state index contributed by atoms with van der Waals surface area (Å²) in [5.74, 6) is 0. The Morgan fingerprint density at radius 1 is 1.21 bits per heavy atom. The molecule has 0 aromatic rings. The van der Waals surface area contributed by atoms with Gasteiger partial charge in [0.2, 0.25) is 0 Å². The first-order valence-electron chi connectivity index (χ1n) is 5.67. The zero-order valence-corrected chi connectivity index (χ0v) is 9.79. The average Bonchev–Trinajstić information content (AvgIpc) is 2.19. The Hall–Kier alpha value is -0.340. The minimum Gasteiger partial charge on any atom is -0.379 e. The predicted octanol–water partition coefficient (Wildman–Crippen LogP) is 3.17. The molecule has 0 spiro atoms. The molecule has 0 fully saturated rings. The van der Waals surface area contributed by atoms with Crippen molar-refractivity contribution in [2.24, 2.45) is 0 Å². The fraction of sp³-hybridized carbons (Fsp3) is 0.833. The van der Waals surface area contributed by atoms with Crippen LogP contribution in [-0.2, 0) is 9.47 Å². The largest absolute Gasteiger partial charge is 0.379 e. The van der Waals surface area contributed by atoms with Crippen LogP contribution in [0.25, 0.3) is 0 Å². The van der Waals surface area contributed by atoms with Crippen LogP contribution in [0.3, 0.4) is 0 Å². The van der Waals surface area contributed by atoms with Gasteiger partial charge in [0.15, 0.2) is 0 Å². The second kappa shape index (κ2) is 10.7. The lowest BCUT2D eigenvalue weighted by Gasteiger charge is -2.08. The van der Waals surface area contributed by atoms with Gasteiger partial charge in [0.25, 0.3) is 0 Å². The number of rotatable bonds is 9. The van der Waals surface area contributed by atoms with Gasteiger partial charge >= 0.3 is 0 Å². The molecule has 0 bridgehead atoms. The van der Waals surface area contributed by atoms with Crippen LogP contribution in [0.2, 0.25) is 0 Å². The highest BCUT2D eigenvalue weighted by Gasteiger charge is 1.95. The second-order valence-electron chi connectivity index (χ2n) is 3.34. The van der Waals surface area contributed by atoms with Crippen molar-refractivity contribution in [2.75, 3.05) is 19.8 Å². The molecule has 0 heterocycles. The number of unbranched alkanes of at least 4 members (excludes halogenated alkanes) is 2. The molecule has 0 amide bonds. The molecular formula is C12H24O2. The first kappa shape index (κ1) is 13.7. The number of ether oxygens (including phenoxy) is 2. The van der Waals surface area contributed by atoms with Crippen molar-refractivity contribution in [1.29, 1.82) is 0 Å². The van der Waals surface area contributed by atoms with Gasteiger partial charge in [-0.05, 0) is 20.3 Å². The highest BCUT2D eigenvalue weighted by molar-refractivity contribution is 4.87. The monoisotopic (exact) mass is 200 g/mol. The van der Waals surface area contributed by atoms with Crippen LogP contribution in [0.5, 0.6) is 0 Å². The normalized spacial score (nSPS) is 13.6. The van der Waals surface area contributed by atoms with Crippen LogP contribution < -0.4 is 0 Å². The lowest BCUT2D eigenvalue weighted by Crippen LogP contribution is -2.10. The fourth-order valence-corrected chi connectivity index (χ4v) is 1.10. The zero-order chi connectivity index (χ0) is 10.6. The Balaban J connectivity index is 3.26. The molecule has 0 aromatic carbocycles. The Labute approximate surface area is 88.3 Å². The quantitative estimate of drug-likeness (QED) is 0.420. The predicted molar refractivity (Wildman–Crippen MR) is 60.6 cm³/mol. The first-order valence-corrected chi connectivity index (χ1v) is 5.67. The van der Waals surface area contributed by atoms with E-state index in [1.54, 1.807) is 0 Å². The summed E-state index contributed by atoms with van der Waals surface area (Å²) < 4.78 is 10.7. The van der Waals surface area contributed by atoms with Crippen LogP contribution in [0.15, 0.2) is 12.2 Å². The molecule has 0 radical (unpaired) electrons. The molecule has 0 saturated heterocycles. The molecular weight excluding hydrogens is 176 g/mol. The van der Waals surface area contributed by atoms with Crippen molar-refractivity contribution < 1.29 is 9.47 Å². The van der Waals surface area contributed by atoms with E-state index in [9.17, 15) is 0 Å². The lowest BCUT2D eigenvalue weighted by atomic mass is 10.2. The minimum absolute atomic E-state index is 0.215. The third-order valence-corrected chi connectivity index (χ3v) is 1.94. The molecule has 0 saturated carbocycles. The van der Waals surface area contributed by atoms with E-state index < -0.39 is 0 Å². The highest BCUT2D eigenvalue weighted by Crippen LogP contribution is 1.98. The van der Waals surface area contributed by atoms with Gasteiger partial charge in [-0.2, -0.15) is 0 Å². The lowest BCUT2D eigenvalue weighted by molar-refractivity contribution is 0.0335. The minimum atomic E-state index is 0.215. The Morgan fingerprint density at radius 3 is 2.64 bits per heavy atom. The van der Waals surface area contributed by atoms with Gasteiger partial charge in [-0.3, -0.25) is 0 Å². The number of allylic oxidation sites excluding steroid dienone is 1. The molecule has 84 valence electrons. The van der Waals surface area contributed by atoms with E-state index >= 15 is 0 Å². The van der Waals surface area contributed by atoms with Crippen molar-refractivity contribution in [2.45, 2.75) is 46.1 Å². The van der Waals surface area contributed by atoms with Gasteiger partial charge in [-0.1, -0.05) is 31.9 Å². The molecule has 0 N–H and O–H groups in total. The third kappa shape index (κ3) is 9.75. The van der Waals surface area contributed by atoms with Crippen molar-refractivity contribution in [3.63, 3.8) is 0 Å². The van der Waals surface area contributed by atoms with Gasteiger partial charge in [0.1, 0.15) is 0 Å². The maximum Gasteiger partial charge on any atom is 0.0728 e. The van der Waals surface area contributed by atoms with Gasteiger partial charge in [0.05, 0.1) is 19.3 Å². The average molecular weight is 200 g/mol. The van der Waals surface area contributed by atoms with E-state index in [0.717, 1.165) is 13.0 Å². The summed E-state index contributed by atoms with van der Waals surface area (Å²) in [6, 6.07) is 0. The Morgan fingerprint density at radius 2 is 2.00 bits per heavy atom. The summed E-state index contributed by atoms with van der Waals surface area (Å²) in [6.07, 6.45) is 8.23. The van der Waals surface area contributed by atoms with Crippen LogP contribution in [0, 0.1) is 0 Å². The third-order valence-electron chi connectivity index (χ3n) is 1.94. The second-order valence-corrected chi connectivity index (χ2v) is 3.34. The van der Waals surface area contributed by atoms with E-state index in [0.29, 0.717) is 13.2 Å². The Bertz CT molecular complexity index is 132. The van der Waals surface area contributed by atoms with Gasteiger partial charge in [-0.25, -0.2) is 0 Å². The van der Waals surface area contributed by atoms with E-state index in [4.69, 9.17) is 9.47 Å². The SMILES string of the molecule is CCCC/C=C\[C@H](C)OCCOCC. The molecule has 0 aliphatic carbocycles. The number of hydrogen-bond acceptors (Lipinski definition) is 2. The molecule has 0 aliphatic heterocycles. The van der Waals surface area contributed by atoms with Crippen molar-refractivity contribution in [3.05, 3.63) is 12.2 Å². The molecule has 0 aliphatic rings. The molecule has 0 aromatic heterocycles. The maximum atomic E-state index is 5.51. The molecule has 2 heteroatoms. The zero-order valence-electron chi connectivity index (χ0n) is 9.79. The van der Waals surface area contributed by atoms with E-state index in [2.05, 4.69) is 26.0 Å². The van der Waals surface area contributed by atoms with Crippen LogP contribution in [0.1, 0.15) is 40.0 Å². The van der Waals surface area contributed by atoms with E-state index in [-0.39, 0.29) is 6.10 Å². The summed E-state index contributed by atoms with van der Waals surface area (Å²) in [6.45, 7) is 8.42. The van der Waals surface area contributed by atoms with Gasteiger partial charge in [-0.15, -0.1) is 0 Å². The summed E-state index contributed by atoms with van der Waals surface area (Å²) >= 11 is 0. The van der Waals surface area contributed by atoms with E-state index in [1.807, 2.05) is 6.92 Å².